The first kappa shape index (κ1) is 16.3. The molecule has 2 unspecified atom stereocenters. The molecular formula is C20H22O5. The summed E-state index contributed by atoms with van der Waals surface area (Å²) in [4.78, 5) is 25.9. The molecule has 2 bridgehead atoms. The van der Waals surface area contributed by atoms with Crippen molar-refractivity contribution in [3.8, 4) is 5.75 Å². The standard InChI is InChI=1S/C20H22O5/c1-3-23-16-9-12-10-17-20(16,11-14(12)19(22)24-4-2)18(21)13-7-5-6-8-15(13)25-17/h5-8,11-12,16-17H,3-4,9-10H2,1-2H3/t12?,16-,17-,20?/m1/s1. The second-order valence-electron chi connectivity index (χ2n) is 6.80. The van der Waals surface area contributed by atoms with Crippen LogP contribution in [0.1, 0.15) is 37.0 Å². The van der Waals surface area contributed by atoms with E-state index >= 15 is 0 Å². The number of para-hydroxylation sites is 1. The zero-order valence-electron chi connectivity index (χ0n) is 14.5. The topological polar surface area (TPSA) is 61.8 Å². The fourth-order valence-corrected chi connectivity index (χ4v) is 4.52. The summed E-state index contributed by atoms with van der Waals surface area (Å²) in [5, 5.41) is 0. The Morgan fingerprint density at radius 2 is 2.04 bits per heavy atom. The van der Waals surface area contributed by atoms with Gasteiger partial charge in [-0.2, -0.15) is 0 Å². The second-order valence-corrected chi connectivity index (χ2v) is 6.80. The monoisotopic (exact) mass is 342 g/mol. The van der Waals surface area contributed by atoms with Crippen LogP contribution < -0.4 is 4.74 Å². The van der Waals surface area contributed by atoms with Crippen LogP contribution in [0, 0.1) is 11.3 Å². The maximum absolute atomic E-state index is 13.5. The number of fused-ring (bicyclic) bond motifs is 2. The Kier molecular flexibility index (Phi) is 3.91. The van der Waals surface area contributed by atoms with Crippen molar-refractivity contribution in [2.24, 2.45) is 11.3 Å². The number of ketones is 1. The summed E-state index contributed by atoms with van der Waals surface area (Å²) < 4.78 is 17.4. The minimum absolute atomic E-state index is 0.000497. The quantitative estimate of drug-likeness (QED) is 0.787. The van der Waals surface area contributed by atoms with Gasteiger partial charge in [0.05, 0.1) is 18.3 Å². The Morgan fingerprint density at radius 1 is 1.24 bits per heavy atom. The lowest BCUT2D eigenvalue weighted by Gasteiger charge is -2.54. The highest BCUT2D eigenvalue weighted by Crippen LogP contribution is 2.56. The molecule has 0 saturated heterocycles. The number of rotatable bonds is 4. The van der Waals surface area contributed by atoms with Crippen molar-refractivity contribution in [2.45, 2.75) is 38.9 Å². The third-order valence-corrected chi connectivity index (χ3v) is 5.57. The number of benzene rings is 1. The van der Waals surface area contributed by atoms with E-state index in [9.17, 15) is 9.59 Å². The van der Waals surface area contributed by atoms with E-state index in [2.05, 4.69) is 0 Å². The molecule has 1 heterocycles. The summed E-state index contributed by atoms with van der Waals surface area (Å²) in [6.45, 7) is 4.55. The van der Waals surface area contributed by atoms with Gasteiger partial charge >= 0.3 is 5.97 Å². The number of carbonyl (C=O) groups is 2. The molecule has 0 amide bonds. The molecule has 1 aromatic rings. The summed E-state index contributed by atoms with van der Waals surface area (Å²) in [7, 11) is 0. The van der Waals surface area contributed by atoms with Gasteiger partial charge in [0.15, 0.2) is 5.78 Å². The molecular weight excluding hydrogens is 320 g/mol. The SMILES string of the molecule is CCOC(=O)C1=CC23C(=O)c4ccccc4O[C@@H]2CC1C[C@H]3OCC. The first-order valence-corrected chi connectivity index (χ1v) is 8.93. The molecule has 1 fully saturated rings. The van der Waals surface area contributed by atoms with E-state index in [1.807, 2.05) is 25.1 Å². The van der Waals surface area contributed by atoms with Gasteiger partial charge < -0.3 is 14.2 Å². The van der Waals surface area contributed by atoms with E-state index in [4.69, 9.17) is 14.2 Å². The van der Waals surface area contributed by atoms with Crippen LogP contribution >= 0.6 is 0 Å². The molecule has 1 spiro atoms. The van der Waals surface area contributed by atoms with Crippen LogP contribution in [-0.2, 0) is 14.3 Å². The van der Waals surface area contributed by atoms with E-state index in [1.54, 1.807) is 19.1 Å². The minimum Gasteiger partial charge on any atom is -0.488 e. The van der Waals surface area contributed by atoms with E-state index in [0.717, 1.165) is 0 Å². The molecule has 0 N–H and O–H groups in total. The molecule has 0 aromatic heterocycles. The van der Waals surface area contributed by atoms with Gasteiger partial charge in [-0.15, -0.1) is 0 Å². The summed E-state index contributed by atoms with van der Waals surface area (Å²) in [5.74, 6) is 0.280. The van der Waals surface area contributed by atoms with E-state index in [-0.39, 0.29) is 29.9 Å². The van der Waals surface area contributed by atoms with Crippen LogP contribution in [-0.4, -0.2) is 37.2 Å². The van der Waals surface area contributed by atoms with Crippen LogP contribution in [0.3, 0.4) is 0 Å². The molecule has 5 nitrogen and oxygen atoms in total. The van der Waals surface area contributed by atoms with Gasteiger partial charge in [-0.1, -0.05) is 18.2 Å². The molecule has 4 aliphatic rings. The van der Waals surface area contributed by atoms with Gasteiger partial charge in [0.1, 0.15) is 17.3 Å². The highest BCUT2D eigenvalue weighted by molar-refractivity contribution is 6.07. The molecule has 1 aromatic carbocycles. The Labute approximate surface area is 146 Å². The molecule has 0 radical (unpaired) electrons. The summed E-state index contributed by atoms with van der Waals surface area (Å²) in [6.07, 6.45) is 2.50. The molecule has 132 valence electrons. The number of hydrogen-bond donors (Lipinski definition) is 0. The molecule has 4 atom stereocenters. The number of Topliss-reactive ketones (excluding diaryl/α,β-unsaturated/α-hetero) is 1. The molecule has 25 heavy (non-hydrogen) atoms. The lowest BCUT2D eigenvalue weighted by Crippen LogP contribution is -2.62. The fraction of sp³-hybridized carbons (Fsp3) is 0.500. The molecule has 3 aliphatic carbocycles. The predicted octanol–water partition coefficient (Wildman–Crippen LogP) is 2.93. The van der Waals surface area contributed by atoms with Gasteiger partial charge in [-0.25, -0.2) is 4.79 Å². The maximum atomic E-state index is 13.5. The van der Waals surface area contributed by atoms with Gasteiger partial charge in [-0.3, -0.25) is 4.79 Å². The average Bonchev–Trinajstić information content (AvgIpc) is 2.62. The molecule has 1 aliphatic heterocycles. The lowest BCUT2D eigenvalue weighted by atomic mass is 9.55. The van der Waals surface area contributed by atoms with Crippen LogP contribution in [0.4, 0.5) is 0 Å². The Balaban J connectivity index is 1.85. The van der Waals surface area contributed by atoms with Gasteiger partial charge in [0.25, 0.3) is 0 Å². The van der Waals surface area contributed by atoms with Crippen molar-refractivity contribution in [2.75, 3.05) is 13.2 Å². The fourth-order valence-electron chi connectivity index (χ4n) is 4.52. The van der Waals surface area contributed by atoms with Crippen LogP contribution in [0.15, 0.2) is 35.9 Å². The third kappa shape index (κ3) is 2.25. The molecule has 1 saturated carbocycles. The minimum atomic E-state index is -0.943. The van der Waals surface area contributed by atoms with E-state index in [1.165, 1.54) is 0 Å². The lowest BCUT2D eigenvalue weighted by molar-refractivity contribution is -0.142. The number of ether oxygens (including phenoxy) is 3. The zero-order chi connectivity index (χ0) is 17.6. The summed E-state index contributed by atoms with van der Waals surface area (Å²) in [6, 6.07) is 7.31. The second kappa shape index (κ2) is 5.99. The van der Waals surface area contributed by atoms with Crippen molar-refractivity contribution in [3.05, 3.63) is 41.5 Å². The first-order valence-electron chi connectivity index (χ1n) is 8.93. The maximum Gasteiger partial charge on any atom is 0.333 e. The van der Waals surface area contributed by atoms with Crippen LogP contribution in [0.2, 0.25) is 0 Å². The highest BCUT2D eigenvalue weighted by Gasteiger charge is 2.63. The third-order valence-electron chi connectivity index (χ3n) is 5.57. The van der Waals surface area contributed by atoms with Crippen molar-refractivity contribution in [1.29, 1.82) is 0 Å². The zero-order valence-corrected chi connectivity index (χ0v) is 14.5. The van der Waals surface area contributed by atoms with E-state index < -0.39 is 5.41 Å². The Hall–Kier alpha value is -2.14. The van der Waals surface area contributed by atoms with Gasteiger partial charge in [0, 0.05) is 12.2 Å². The van der Waals surface area contributed by atoms with Crippen molar-refractivity contribution in [3.63, 3.8) is 0 Å². The number of hydrogen-bond acceptors (Lipinski definition) is 5. The highest BCUT2D eigenvalue weighted by atomic mass is 16.5. The van der Waals surface area contributed by atoms with Crippen molar-refractivity contribution >= 4 is 11.8 Å². The van der Waals surface area contributed by atoms with E-state index in [0.29, 0.717) is 42.9 Å². The Morgan fingerprint density at radius 3 is 2.80 bits per heavy atom. The first-order chi connectivity index (χ1) is 12.1. The van der Waals surface area contributed by atoms with Crippen LogP contribution in [0.25, 0.3) is 0 Å². The summed E-state index contributed by atoms with van der Waals surface area (Å²) in [5.41, 5.74) is 0.218. The number of carbonyl (C=O) groups excluding carboxylic acids is 2. The van der Waals surface area contributed by atoms with Gasteiger partial charge in [0.2, 0.25) is 0 Å². The summed E-state index contributed by atoms with van der Waals surface area (Å²) >= 11 is 0. The normalized spacial score (nSPS) is 32.3. The average molecular weight is 342 g/mol. The number of esters is 1. The van der Waals surface area contributed by atoms with Crippen molar-refractivity contribution in [1.82, 2.24) is 0 Å². The molecule has 5 heteroatoms. The molecule has 5 rings (SSSR count). The largest absolute Gasteiger partial charge is 0.488 e. The smallest absolute Gasteiger partial charge is 0.333 e. The Bertz CT molecular complexity index is 752. The van der Waals surface area contributed by atoms with Crippen LogP contribution in [0.5, 0.6) is 5.75 Å². The van der Waals surface area contributed by atoms with Crippen molar-refractivity contribution < 1.29 is 23.8 Å². The van der Waals surface area contributed by atoms with Gasteiger partial charge in [-0.05, 0) is 44.7 Å². The predicted molar refractivity (Wildman–Crippen MR) is 90.5 cm³/mol.